The number of hydrogen-bond donors (Lipinski definition) is 1. The molecule has 3 atom stereocenters. The van der Waals surface area contributed by atoms with Gasteiger partial charge in [0.1, 0.15) is 34.5 Å². The monoisotopic (exact) mass is 645 g/mol. The topological polar surface area (TPSA) is 132 Å². The SMILES string of the molecule is COC[C@]12CC1N(C(=O)Cn1nc(C(C)=O)c3cc(-c4cnc(C)nc4)cc(C)c31)[C@H](C(=O)Nc1nc(Br)ccc1C)C2. The number of benzene rings is 1. The van der Waals surface area contributed by atoms with Gasteiger partial charge >= 0.3 is 0 Å². The largest absolute Gasteiger partial charge is 0.384 e. The summed E-state index contributed by atoms with van der Waals surface area (Å²) in [6.45, 7) is 7.43. The molecule has 0 bridgehead atoms. The highest BCUT2D eigenvalue weighted by atomic mass is 79.9. The van der Waals surface area contributed by atoms with Gasteiger partial charge in [-0.1, -0.05) is 6.07 Å². The van der Waals surface area contributed by atoms with Crippen molar-refractivity contribution in [2.75, 3.05) is 19.0 Å². The lowest BCUT2D eigenvalue weighted by atomic mass is 10.00. The quantitative estimate of drug-likeness (QED) is 0.220. The zero-order valence-corrected chi connectivity index (χ0v) is 26.2. The second-order valence-electron chi connectivity index (χ2n) is 11.6. The van der Waals surface area contributed by atoms with Gasteiger partial charge in [0, 0.05) is 48.8 Å². The molecule has 0 spiro atoms. The zero-order valence-electron chi connectivity index (χ0n) is 24.6. The number of piperidine rings is 1. The first kappa shape index (κ1) is 29.1. The molecule has 1 aliphatic carbocycles. The van der Waals surface area contributed by atoms with Crippen LogP contribution in [0.1, 0.15) is 47.2 Å². The van der Waals surface area contributed by atoms with Crippen LogP contribution < -0.4 is 5.32 Å². The number of ether oxygens (including phenoxy) is 1. The number of anilines is 1. The molecule has 3 aromatic heterocycles. The second-order valence-corrected chi connectivity index (χ2v) is 12.4. The summed E-state index contributed by atoms with van der Waals surface area (Å²) in [6.07, 6.45) is 4.76. The fraction of sp³-hybridized carbons (Fsp3) is 0.387. The van der Waals surface area contributed by atoms with E-state index in [0.29, 0.717) is 40.2 Å². The molecule has 1 aliphatic heterocycles. The molecule has 43 heavy (non-hydrogen) atoms. The van der Waals surface area contributed by atoms with Crippen molar-refractivity contribution >= 4 is 50.2 Å². The molecule has 6 rings (SSSR count). The molecule has 1 N–H and O–H groups in total. The average Bonchev–Trinajstić information content (AvgIpc) is 3.35. The summed E-state index contributed by atoms with van der Waals surface area (Å²) < 4.78 is 7.70. The summed E-state index contributed by atoms with van der Waals surface area (Å²) in [5.74, 6) is 0.377. The number of likely N-dealkylation sites (tertiary alicyclic amines) is 1. The van der Waals surface area contributed by atoms with Crippen LogP contribution in [0.2, 0.25) is 0 Å². The van der Waals surface area contributed by atoms with Gasteiger partial charge in [0.05, 0.1) is 12.1 Å². The van der Waals surface area contributed by atoms with Crippen LogP contribution in [0.15, 0.2) is 41.3 Å². The van der Waals surface area contributed by atoms with Crippen LogP contribution in [0, 0.1) is 26.2 Å². The van der Waals surface area contributed by atoms with Crippen molar-refractivity contribution in [1.29, 1.82) is 0 Å². The van der Waals surface area contributed by atoms with Crippen molar-refractivity contribution in [3.8, 4) is 11.1 Å². The van der Waals surface area contributed by atoms with E-state index >= 15 is 0 Å². The molecule has 2 aliphatic rings. The first-order valence-electron chi connectivity index (χ1n) is 14.1. The highest BCUT2D eigenvalue weighted by molar-refractivity contribution is 9.10. The number of hydrogen-bond acceptors (Lipinski definition) is 8. The van der Waals surface area contributed by atoms with Crippen molar-refractivity contribution in [3.63, 3.8) is 0 Å². The second kappa shape index (κ2) is 10.9. The molecule has 1 saturated carbocycles. The van der Waals surface area contributed by atoms with E-state index in [1.54, 1.807) is 29.1 Å². The Kier molecular flexibility index (Phi) is 7.37. The fourth-order valence-electron chi connectivity index (χ4n) is 6.36. The number of aryl methyl sites for hydroxylation is 3. The van der Waals surface area contributed by atoms with E-state index in [2.05, 4.69) is 41.3 Å². The minimum Gasteiger partial charge on any atom is -0.384 e. The Labute approximate surface area is 257 Å². The van der Waals surface area contributed by atoms with Gasteiger partial charge in [-0.25, -0.2) is 15.0 Å². The molecule has 1 saturated heterocycles. The number of halogens is 1. The number of carbonyl (C=O) groups is 3. The average molecular weight is 647 g/mol. The van der Waals surface area contributed by atoms with E-state index in [4.69, 9.17) is 4.74 Å². The molecule has 12 heteroatoms. The maximum absolute atomic E-state index is 14.1. The number of methoxy groups -OCH3 is 1. The van der Waals surface area contributed by atoms with E-state index in [0.717, 1.165) is 28.7 Å². The van der Waals surface area contributed by atoms with Gasteiger partial charge in [-0.15, -0.1) is 0 Å². The number of fused-ring (bicyclic) bond motifs is 2. The van der Waals surface area contributed by atoms with Crippen LogP contribution in [0.25, 0.3) is 22.0 Å². The minimum absolute atomic E-state index is 0.115. The number of amides is 2. The summed E-state index contributed by atoms with van der Waals surface area (Å²) in [6, 6.07) is 6.74. The van der Waals surface area contributed by atoms with E-state index in [9.17, 15) is 14.4 Å². The lowest BCUT2D eigenvalue weighted by Gasteiger charge is -2.27. The van der Waals surface area contributed by atoms with E-state index in [1.165, 1.54) is 6.92 Å². The summed E-state index contributed by atoms with van der Waals surface area (Å²) >= 11 is 3.36. The van der Waals surface area contributed by atoms with Gasteiger partial charge < -0.3 is 15.0 Å². The molecular formula is C31H32BrN7O4. The van der Waals surface area contributed by atoms with Crippen LogP contribution >= 0.6 is 15.9 Å². The molecule has 222 valence electrons. The van der Waals surface area contributed by atoms with Crippen LogP contribution in [0.5, 0.6) is 0 Å². The van der Waals surface area contributed by atoms with E-state index in [-0.39, 0.29) is 41.3 Å². The number of aromatic nitrogens is 5. The van der Waals surface area contributed by atoms with Gasteiger partial charge in [0.15, 0.2) is 5.78 Å². The Balaban J connectivity index is 1.33. The molecule has 0 radical (unpaired) electrons. The number of rotatable bonds is 8. The standard InChI is InChI=1S/C31H32BrN7O4/c1-16-6-7-25(32)35-29(16)36-30(42)23-10-31(15-43-5)11-24(31)39(23)26(41)14-38-28-17(2)8-20(21-12-33-19(4)34-13-21)9-22(28)27(37-38)18(3)40/h6-9,12-13,23-24H,10-11,14-15H2,1-5H3,(H,35,36,42)/t23-,24?,31-/m0/s1. The number of pyridine rings is 1. The molecule has 1 unspecified atom stereocenters. The first-order chi connectivity index (χ1) is 20.5. The Bertz CT molecular complexity index is 1790. The minimum atomic E-state index is -0.690. The van der Waals surface area contributed by atoms with Crippen LogP contribution in [-0.4, -0.2) is 73.0 Å². The lowest BCUT2D eigenvalue weighted by molar-refractivity contribution is -0.138. The van der Waals surface area contributed by atoms with Crippen LogP contribution in [0.4, 0.5) is 5.82 Å². The van der Waals surface area contributed by atoms with Crippen molar-refractivity contribution in [3.05, 3.63) is 63.9 Å². The fourth-order valence-corrected chi connectivity index (χ4v) is 6.67. The number of nitrogens with one attached hydrogen (secondary N) is 1. The molecule has 4 heterocycles. The number of nitrogens with zero attached hydrogens (tertiary/aromatic N) is 6. The molecule has 4 aromatic rings. The van der Waals surface area contributed by atoms with Gasteiger partial charge in [0.25, 0.3) is 0 Å². The van der Waals surface area contributed by atoms with Gasteiger partial charge in [-0.05, 0) is 84.4 Å². The smallest absolute Gasteiger partial charge is 0.248 e. The zero-order chi connectivity index (χ0) is 30.6. The highest BCUT2D eigenvalue weighted by Gasteiger charge is 2.67. The Morgan fingerprint density at radius 2 is 1.81 bits per heavy atom. The number of carbonyl (C=O) groups excluding carboxylic acids is 3. The van der Waals surface area contributed by atoms with Crippen LogP contribution in [0.3, 0.4) is 0 Å². The molecule has 1 aromatic carbocycles. The van der Waals surface area contributed by atoms with Gasteiger partial charge in [-0.2, -0.15) is 5.10 Å². The highest BCUT2D eigenvalue weighted by Crippen LogP contribution is 2.59. The third-order valence-corrected chi connectivity index (χ3v) is 8.95. The summed E-state index contributed by atoms with van der Waals surface area (Å²) in [5.41, 5.74) is 4.07. The van der Waals surface area contributed by atoms with E-state index in [1.807, 2.05) is 45.0 Å². The Morgan fingerprint density at radius 1 is 1.07 bits per heavy atom. The van der Waals surface area contributed by atoms with Crippen molar-refractivity contribution in [2.24, 2.45) is 5.41 Å². The van der Waals surface area contributed by atoms with Crippen molar-refractivity contribution in [2.45, 2.75) is 59.2 Å². The van der Waals surface area contributed by atoms with Gasteiger partial charge in [-0.3, -0.25) is 19.1 Å². The van der Waals surface area contributed by atoms with Crippen molar-refractivity contribution < 1.29 is 19.1 Å². The predicted octanol–water partition coefficient (Wildman–Crippen LogP) is 4.42. The lowest BCUT2D eigenvalue weighted by Crippen LogP contribution is -2.47. The molecule has 2 fully saturated rings. The number of Topliss-reactive ketones (excluding diaryl/α,β-unsaturated/α-hetero) is 1. The Morgan fingerprint density at radius 3 is 2.51 bits per heavy atom. The molecular weight excluding hydrogens is 614 g/mol. The predicted molar refractivity (Wildman–Crippen MR) is 164 cm³/mol. The summed E-state index contributed by atoms with van der Waals surface area (Å²) in [5, 5.41) is 8.20. The first-order valence-corrected chi connectivity index (χ1v) is 14.9. The third-order valence-electron chi connectivity index (χ3n) is 8.51. The Hall–Kier alpha value is -4.03. The third kappa shape index (κ3) is 5.22. The molecule has 11 nitrogen and oxygen atoms in total. The maximum Gasteiger partial charge on any atom is 0.248 e. The number of ketones is 1. The summed E-state index contributed by atoms with van der Waals surface area (Å²) in [7, 11) is 1.64. The molecule has 2 amide bonds. The normalized spacial score (nSPS) is 20.7. The van der Waals surface area contributed by atoms with Crippen molar-refractivity contribution in [1.82, 2.24) is 29.6 Å². The van der Waals surface area contributed by atoms with E-state index < -0.39 is 6.04 Å². The van der Waals surface area contributed by atoms with Crippen LogP contribution in [-0.2, 0) is 20.9 Å². The summed E-state index contributed by atoms with van der Waals surface area (Å²) in [4.78, 5) is 55.1. The van der Waals surface area contributed by atoms with Gasteiger partial charge in [0.2, 0.25) is 11.8 Å². The maximum atomic E-state index is 14.1.